The van der Waals surface area contributed by atoms with Crippen molar-refractivity contribution < 1.29 is 19.1 Å². The van der Waals surface area contributed by atoms with Gasteiger partial charge in [0.1, 0.15) is 5.82 Å². The zero-order valence-electron chi connectivity index (χ0n) is 11.7. The molecule has 1 aromatic rings. The lowest BCUT2D eigenvalue weighted by Crippen LogP contribution is -2.47. The first-order valence-electron chi connectivity index (χ1n) is 7.06. The largest absolute Gasteiger partial charge is 0.481 e. The summed E-state index contributed by atoms with van der Waals surface area (Å²) in [7, 11) is 0. The number of hydrogen-bond donors (Lipinski definition) is 2. The molecule has 0 aromatic heterocycles. The standard InChI is InChI=1S/C15H19FN2O3/c16-13-5-3-11(4-6-13)7-8-17-15(21)18-9-1-2-12(10-18)14(19)20/h3-6,12H,1-2,7-10H2,(H,17,21)(H,19,20)/t12-/m1/s1. The van der Waals surface area contributed by atoms with Gasteiger partial charge in [-0.15, -0.1) is 0 Å². The number of rotatable bonds is 4. The van der Waals surface area contributed by atoms with Crippen molar-refractivity contribution in [2.24, 2.45) is 5.92 Å². The number of carboxylic acids is 1. The number of likely N-dealkylation sites (tertiary alicyclic amines) is 1. The summed E-state index contributed by atoms with van der Waals surface area (Å²) in [5.74, 6) is -1.60. The van der Waals surface area contributed by atoms with Gasteiger partial charge in [-0.25, -0.2) is 9.18 Å². The number of nitrogens with zero attached hydrogens (tertiary/aromatic N) is 1. The number of piperidine rings is 1. The zero-order valence-corrected chi connectivity index (χ0v) is 11.7. The fourth-order valence-electron chi connectivity index (χ4n) is 2.44. The van der Waals surface area contributed by atoms with Crippen molar-refractivity contribution in [3.63, 3.8) is 0 Å². The minimum atomic E-state index is -0.848. The fraction of sp³-hybridized carbons (Fsp3) is 0.467. The molecule has 0 aliphatic carbocycles. The van der Waals surface area contributed by atoms with Crippen LogP contribution in [0.5, 0.6) is 0 Å². The highest BCUT2D eigenvalue weighted by molar-refractivity contribution is 5.76. The summed E-state index contributed by atoms with van der Waals surface area (Å²) >= 11 is 0. The molecule has 0 saturated carbocycles. The first kappa shape index (κ1) is 15.3. The van der Waals surface area contributed by atoms with E-state index in [2.05, 4.69) is 5.32 Å². The van der Waals surface area contributed by atoms with Crippen molar-refractivity contribution in [3.8, 4) is 0 Å². The van der Waals surface area contributed by atoms with E-state index in [0.29, 0.717) is 32.4 Å². The van der Waals surface area contributed by atoms with Crippen molar-refractivity contribution in [3.05, 3.63) is 35.6 Å². The predicted octanol–water partition coefficient (Wildman–Crippen LogP) is 1.87. The Morgan fingerprint density at radius 3 is 2.71 bits per heavy atom. The Hall–Kier alpha value is -2.11. The molecule has 1 saturated heterocycles. The molecule has 1 atom stereocenters. The SMILES string of the molecule is O=C(O)[C@@H]1CCCN(C(=O)NCCc2ccc(F)cc2)C1. The van der Waals surface area contributed by atoms with E-state index < -0.39 is 11.9 Å². The molecule has 5 nitrogen and oxygen atoms in total. The minimum Gasteiger partial charge on any atom is -0.481 e. The number of amides is 2. The van der Waals surface area contributed by atoms with Crippen molar-refractivity contribution in [1.29, 1.82) is 0 Å². The van der Waals surface area contributed by atoms with E-state index >= 15 is 0 Å². The third-order valence-corrected chi connectivity index (χ3v) is 3.66. The number of urea groups is 1. The van der Waals surface area contributed by atoms with E-state index in [4.69, 9.17) is 5.11 Å². The zero-order chi connectivity index (χ0) is 15.2. The quantitative estimate of drug-likeness (QED) is 0.890. The van der Waals surface area contributed by atoms with Crippen LogP contribution in [0.2, 0.25) is 0 Å². The van der Waals surface area contributed by atoms with Crippen LogP contribution < -0.4 is 5.32 Å². The second-order valence-electron chi connectivity index (χ2n) is 5.23. The van der Waals surface area contributed by atoms with E-state index in [0.717, 1.165) is 5.56 Å². The Bertz CT molecular complexity index is 504. The fourth-order valence-corrected chi connectivity index (χ4v) is 2.44. The van der Waals surface area contributed by atoms with Gasteiger partial charge in [0.2, 0.25) is 0 Å². The summed E-state index contributed by atoms with van der Waals surface area (Å²) in [5.41, 5.74) is 0.943. The van der Waals surface area contributed by atoms with Gasteiger partial charge in [-0.3, -0.25) is 4.79 Å². The van der Waals surface area contributed by atoms with Crippen molar-refractivity contribution in [2.75, 3.05) is 19.6 Å². The molecule has 2 amide bonds. The van der Waals surface area contributed by atoms with Crippen LogP contribution in [0.25, 0.3) is 0 Å². The summed E-state index contributed by atoms with van der Waals surface area (Å²) in [5, 5.41) is 11.8. The van der Waals surface area contributed by atoms with E-state index in [-0.39, 0.29) is 18.4 Å². The first-order valence-corrected chi connectivity index (χ1v) is 7.06. The number of carbonyl (C=O) groups is 2. The number of carbonyl (C=O) groups excluding carboxylic acids is 1. The van der Waals surface area contributed by atoms with Gasteiger partial charge in [0.05, 0.1) is 5.92 Å². The predicted molar refractivity (Wildman–Crippen MR) is 75.4 cm³/mol. The average molecular weight is 294 g/mol. The summed E-state index contributed by atoms with van der Waals surface area (Å²) in [6, 6.07) is 5.91. The summed E-state index contributed by atoms with van der Waals surface area (Å²) in [4.78, 5) is 24.5. The van der Waals surface area contributed by atoms with Gasteiger partial charge in [-0.1, -0.05) is 12.1 Å². The van der Waals surface area contributed by atoms with Crippen molar-refractivity contribution >= 4 is 12.0 Å². The summed E-state index contributed by atoms with van der Waals surface area (Å²) in [6.07, 6.45) is 1.94. The second-order valence-corrected chi connectivity index (χ2v) is 5.23. The molecular formula is C15H19FN2O3. The topological polar surface area (TPSA) is 69.6 Å². The number of aliphatic carboxylic acids is 1. The van der Waals surface area contributed by atoms with Crippen LogP contribution >= 0.6 is 0 Å². The van der Waals surface area contributed by atoms with Crippen LogP contribution in [0.15, 0.2) is 24.3 Å². The number of benzene rings is 1. The minimum absolute atomic E-state index is 0.233. The molecule has 0 spiro atoms. The molecule has 1 heterocycles. The maximum absolute atomic E-state index is 12.8. The molecule has 0 bridgehead atoms. The highest BCUT2D eigenvalue weighted by atomic mass is 19.1. The number of nitrogens with one attached hydrogen (secondary N) is 1. The molecule has 6 heteroatoms. The molecule has 0 unspecified atom stereocenters. The Morgan fingerprint density at radius 1 is 1.33 bits per heavy atom. The van der Waals surface area contributed by atoms with Gasteiger partial charge in [-0.2, -0.15) is 0 Å². The lowest BCUT2D eigenvalue weighted by Gasteiger charge is -2.30. The molecule has 2 rings (SSSR count). The molecule has 1 aliphatic rings. The van der Waals surface area contributed by atoms with Gasteiger partial charge in [0, 0.05) is 19.6 Å². The number of carboxylic acid groups (broad SMARTS) is 1. The van der Waals surface area contributed by atoms with Crippen LogP contribution in [0.4, 0.5) is 9.18 Å². The van der Waals surface area contributed by atoms with Crippen LogP contribution in [-0.4, -0.2) is 41.6 Å². The normalized spacial score (nSPS) is 18.3. The van der Waals surface area contributed by atoms with Crippen LogP contribution in [0.1, 0.15) is 18.4 Å². The van der Waals surface area contributed by atoms with E-state index in [1.54, 1.807) is 17.0 Å². The summed E-state index contributed by atoms with van der Waals surface area (Å²) in [6.45, 7) is 1.29. The Balaban J connectivity index is 1.76. The average Bonchev–Trinajstić information content (AvgIpc) is 2.49. The van der Waals surface area contributed by atoms with E-state index in [1.807, 2.05) is 0 Å². The van der Waals surface area contributed by atoms with E-state index in [9.17, 15) is 14.0 Å². The van der Waals surface area contributed by atoms with Crippen molar-refractivity contribution in [2.45, 2.75) is 19.3 Å². The van der Waals surface area contributed by atoms with E-state index in [1.165, 1.54) is 12.1 Å². The molecule has 1 fully saturated rings. The highest BCUT2D eigenvalue weighted by Gasteiger charge is 2.27. The molecule has 0 radical (unpaired) electrons. The monoisotopic (exact) mass is 294 g/mol. The Kier molecular flexibility index (Phi) is 5.14. The van der Waals surface area contributed by atoms with Crippen molar-refractivity contribution in [1.82, 2.24) is 10.2 Å². The second kappa shape index (κ2) is 7.06. The van der Waals surface area contributed by atoms with Gasteiger partial charge in [-0.05, 0) is 37.0 Å². The van der Waals surface area contributed by atoms with Gasteiger partial charge in [0.25, 0.3) is 0 Å². The summed E-state index contributed by atoms with van der Waals surface area (Å²) < 4.78 is 12.8. The molecule has 114 valence electrons. The van der Waals surface area contributed by atoms with Crippen LogP contribution in [-0.2, 0) is 11.2 Å². The molecule has 1 aliphatic heterocycles. The van der Waals surface area contributed by atoms with Gasteiger partial charge in [0.15, 0.2) is 0 Å². The maximum atomic E-state index is 12.8. The third-order valence-electron chi connectivity index (χ3n) is 3.66. The van der Waals surface area contributed by atoms with Crippen LogP contribution in [0.3, 0.4) is 0 Å². The molecule has 21 heavy (non-hydrogen) atoms. The number of hydrogen-bond acceptors (Lipinski definition) is 2. The molecule has 2 N–H and O–H groups in total. The molecule has 1 aromatic carbocycles. The lowest BCUT2D eigenvalue weighted by molar-refractivity contribution is -0.143. The lowest BCUT2D eigenvalue weighted by atomic mass is 9.99. The van der Waals surface area contributed by atoms with Crippen LogP contribution in [0, 0.1) is 11.7 Å². The maximum Gasteiger partial charge on any atom is 0.317 e. The smallest absolute Gasteiger partial charge is 0.317 e. The van der Waals surface area contributed by atoms with Gasteiger partial charge >= 0.3 is 12.0 Å². The highest BCUT2D eigenvalue weighted by Crippen LogP contribution is 2.16. The Labute approximate surface area is 122 Å². The first-order chi connectivity index (χ1) is 10.1. The number of halogens is 1. The third kappa shape index (κ3) is 4.44. The van der Waals surface area contributed by atoms with Gasteiger partial charge < -0.3 is 15.3 Å². The Morgan fingerprint density at radius 2 is 2.05 bits per heavy atom. The molecular weight excluding hydrogens is 275 g/mol.